The highest BCUT2D eigenvalue weighted by Gasteiger charge is 2.16. The minimum atomic E-state index is -0.473. The maximum absolute atomic E-state index is 12.9. The van der Waals surface area contributed by atoms with E-state index in [2.05, 4.69) is 36.7 Å². The molecule has 0 aliphatic heterocycles. The fourth-order valence-electron chi connectivity index (χ4n) is 3.53. The van der Waals surface area contributed by atoms with E-state index < -0.39 is 6.03 Å². The maximum atomic E-state index is 12.9. The molecule has 3 aromatic rings. The van der Waals surface area contributed by atoms with Crippen molar-refractivity contribution in [1.82, 2.24) is 9.88 Å². The van der Waals surface area contributed by atoms with Gasteiger partial charge in [0.25, 0.3) is 11.5 Å². The van der Waals surface area contributed by atoms with E-state index in [0.29, 0.717) is 11.3 Å². The van der Waals surface area contributed by atoms with Crippen molar-refractivity contribution in [1.29, 1.82) is 0 Å². The Morgan fingerprint density at radius 1 is 0.939 bits per heavy atom. The van der Waals surface area contributed by atoms with E-state index in [1.807, 2.05) is 49.4 Å². The number of pyridine rings is 1. The number of benzene rings is 2. The van der Waals surface area contributed by atoms with Gasteiger partial charge >= 0.3 is 6.03 Å². The highest BCUT2D eigenvalue weighted by Crippen LogP contribution is 2.30. The van der Waals surface area contributed by atoms with Crippen LogP contribution in [0.3, 0.4) is 0 Å². The third kappa shape index (κ3) is 5.31. The van der Waals surface area contributed by atoms with Gasteiger partial charge in [-0.1, -0.05) is 45.0 Å². The first-order valence-corrected chi connectivity index (χ1v) is 10.7. The van der Waals surface area contributed by atoms with Crippen LogP contribution >= 0.6 is 0 Å². The Labute approximate surface area is 193 Å². The number of anilines is 2. The molecule has 3 amide bonds. The summed E-state index contributed by atoms with van der Waals surface area (Å²) >= 11 is 0. The van der Waals surface area contributed by atoms with E-state index in [-0.39, 0.29) is 22.6 Å². The van der Waals surface area contributed by atoms with E-state index in [9.17, 15) is 14.4 Å². The molecular formula is C26H30N4O3. The van der Waals surface area contributed by atoms with E-state index in [1.165, 1.54) is 11.6 Å². The molecular weight excluding hydrogens is 416 g/mol. The van der Waals surface area contributed by atoms with Crippen LogP contribution in [-0.2, 0) is 12.5 Å². The Morgan fingerprint density at radius 2 is 1.61 bits per heavy atom. The molecule has 0 bridgehead atoms. The Balaban J connectivity index is 1.92. The lowest BCUT2D eigenvalue weighted by Crippen LogP contribution is -2.29. The monoisotopic (exact) mass is 446 g/mol. The third-order valence-corrected chi connectivity index (χ3v) is 5.56. The Kier molecular flexibility index (Phi) is 6.72. The van der Waals surface area contributed by atoms with Crippen molar-refractivity contribution in [3.63, 3.8) is 0 Å². The summed E-state index contributed by atoms with van der Waals surface area (Å²) < 4.78 is 1.42. The van der Waals surface area contributed by atoms with Crippen molar-refractivity contribution in [2.24, 2.45) is 7.05 Å². The van der Waals surface area contributed by atoms with Gasteiger partial charge in [0.15, 0.2) is 0 Å². The van der Waals surface area contributed by atoms with Gasteiger partial charge in [-0.05, 0) is 53.3 Å². The van der Waals surface area contributed by atoms with Crippen molar-refractivity contribution in [3.8, 4) is 11.1 Å². The molecule has 0 aliphatic rings. The van der Waals surface area contributed by atoms with Gasteiger partial charge in [-0.3, -0.25) is 9.59 Å². The maximum Gasteiger partial charge on any atom is 0.319 e. The van der Waals surface area contributed by atoms with Crippen molar-refractivity contribution in [3.05, 3.63) is 81.8 Å². The van der Waals surface area contributed by atoms with E-state index in [0.717, 1.165) is 22.3 Å². The lowest BCUT2D eigenvalue weighted by molar-refractivity contribution is 0.102. The van der Waals surface area contributed by atoms with Crippen LogP contribution < -0.4 is 21.5 Å². The largest absolute Gasteiger partial charge is 0.341 e. The van der Waals surface area contributed by atoms with Crippen molar-refractivity contribution in [2.75, 3.05) is 17.7 Å². The lowest BCUT2D eigenvalue weighted by atomic mass is 9.86. The molecule has 0 atom stereocenters. The van der Waals surface area contributed by atoms with Crippen LogP contribution in [0.1, 0.15) is 42.3 Å². The molecule has 1 aromatic heterocycles. The number of nitrogens with zero attached hydrogens (tertiary/aromatic N) is 1. The quantitative estimate of drug-likeness (QED) is 0.544. The van der Waals surface area contributed by atoms with Crippen LogP contribution in [0.4, 0.5) is 16.2 Å². The molecule has 7 heteroatoms. The normalized spacial score (nSPS) is 11.1. The van der Waals surface area contributed by atoms with Crippen molar-refractivity contribution < 1.29 is 9.59 Å². The summed E-state index contributed by atoms with van der Waals surface area (Å²) in [7, 11) is 3.11. The van der Waals surface area contributed by atoms with Crippen LogP contribution in [0, 0.1) is 6.92 Å². The smallest absolute Gasteiger partial charge is 0.319 e. The third-order valence-electron chi connectivity index (χ3n) is 5.56. The van der Waals surface area contributed by atoms with Gasteiger partial charge in [-0.15, -0.1) is 0 Å². The van der Waals surface area contributed by atoms with Crippen LogP contribution in [0.15, 0.2) is 59.5 Å². The topological polar surface area (TPSA) is 92.2 Å². The number of carbonyl (C=O) groups is 2. The summed E-state index contributed by atoms with van der Waals surface area (Å²) in [4.78, 5) is 37.0. The van der Waals surface area contributed by atoms with Crippen LogP contribution in [0.5, 0.6) is 0 Å². The highest BCUT2D eigenvalue weighted by atomic mass is 16.2. The second-order valence-electron chi connectivity index (χ2n) is 9.02. The number of urea groups is 1. The number of aryl methyl sites for hydroxylation is 1. The molecule has 0 unspecified atom stereocenters. The first-order chi connectivity index (χ1) is 15.5. The number of rotatable bonds is 4. The number of aromatic nitrogens is 1. The summed E-state index contributed by atoms with van der Waals surface area (Å²) in [5, 5.41) is 7.99. The van der Waals surface area contributed by atoms with E-state index in [1.54, 1.807) is 19.3 Å². The molecule has 3 rings (SSSR count). The Hall–Kier alpha value is -3.87. The summed E-state index contributed by atoms with van der Waals surface area (Å²) in [6.45, 7) is 8.30. The van der Waals surface area contributed by atoms with Gasteiger partial charge in [0, 0.05) is 37.1 Å². The lowest BCUT2D eigenvalue weighted by Gasteiger charge is -2.19. The zero-order chi connectivity index (χ0) is 24.3. The summed E-state index contributed by atoms with van der Waals surface area (Å²) in [5.74, 6) is -0.196. The van der Waals surface area contributed by atoms with E-state index >= 15 is 0 Å². The van der Waals surface area contributed by atoms with E-state index in [4.69, 9.17) is 0 Å². The molecule has 0 saturated heterocycles. The molecule has 0 spiro atoms. The second-order valence-corrected chi connectivity index (χ2v) is 9.02. The van der Waals surface area contributed by atoms with Gasteiger partial charge in [0.05, 0.1) is 0 Å². The average molecular weight is 447 g/mol. The number of amides is 3. The minimum Gasteiger partial charge on any atom is -0.341 e. The fourth-order valence-corrected chi connectivity index (χ4v) is 3.53. The van der Waals surface area contributed by atoms with Crippen LogP contribution in [-0.4, -0.2) is 23.6 Å². The summed E-state index contributed by atoms with van der Waals surface area (Å²) in [6.07, 6.45) is 1.70. The number of carbonyl (C=O) groups excluding carboxylic acids is 2. The molecule has 172 valence electrons. The first-order valence-electron chi connectivity index (χ1n) is 10.7. The molecule has 2 aromatic carbocycles. The Bertz CT molecular complexity index is 1250. The summed E-state index contributed by atoms with van der Waals surface area (Å²) in [6, 6.07) is 14.4. The summed E-state index contributed by atoms with van der Waals surface area (Å²) in [5.41, 5.74) is 4.71. The number of hydrogen-bond donors (Lipinski definition) is 3. The molecule has 0 saturated carbocycles. The van der Waals surface area contributed by atoms with Gasteiger partial charge in [0.1, 0.15) is 5.69 Å². The van der Waals surface area contributed by atoms with Crippen LogP contribution in [0.25, 0.3) is 11.1 Å². The van der Waals surface area contributed by atoms with Crippen molar-refractivity contribution in [2.45, 2.75) is 33.1 Å². The molecule has 3 N–H and O–H groups in total. The molecule has 0 radical (unpaired) electrons. The SMILES string of the molecule is CNC(=O)Nc1cc(-c2cccc(NC(=O)c3ccc(C(C)(C)C)cc3)c2C)cn(C)c1=O. The standard InChI is InChI=1S/C26H30N4O3/c1-16-20(18-14-22(29-25(33)27-5)24(32)30(6)15-18)8-7-9-21(16)28-23(31)17-10-12-19(13-11-17)26(2,3)4/h7-15H,1-6H3,(H,28,31)(H2,27,29,33). The molecule has 0 aliphatic carbocycles. The average Bonchev–Trinajstić information content (AvgIpc) is 2.77. The zero-order valence-electron chi connectivity index (χ0n) is 19.9. The number of nitrogens with one attached hydrogen (secondary N) is 3. The highest BCUT2D eigenvalue weighted by molar-refractivity contribution is 6.05. The minimum absolute atomic E-state index is 0.0151. The first kappa shape index (κ1) is 23.8. The zero-order valence-corrected chi connectivity index (χ0v) is 19.9. The predicted molar refractivity (Wildman–Crippen MR) is 133 cm³/mol. The van der Waals surface area contributed by atoms with Gasteiger partial charge in [0.2, 0.25) is 0 Å². The second kappa shape index (κ2) is 9.32. The Morgan fingerprint density at radius 3 is 2.21 bits per heavy atom. The van der Waals surface area contributed by atoms with Gasteiger partial charge in [-0.2, -0.15) is 0 Å². The van der Waals surface area contributed by atoms with Crippen molar-refractivity contribution >= 4 is 23.3 Å². The predicted octanol–water partition coefficient (Wildman–Crippen LogP) is 4.66. The van der Waals surface area contributed by atoms with Crippen LogP contribution in [0.2, 0.25) is 0 Å². The van der Waals surface area contributed by atoms with Gasteiger partial charge in [-0.25, -0.2) is 4.79 Å². The molecule has 7 nitrogen and oxygen atoms in total. The fraction of sp³-hybridized carbons (Fsp3) is 0.269. The number of hydrogen-bond acceptors (Lipinski definition) is 3. The van der Waals surface area contributed by atoms with Gasteiger partial charge < -0.3 is 20.5 Å². The molecule has 0 fully saturated rings. The molecule has 33 heavy (non-hydrogen) atoms. The molecule has 1 heterocycles.